The summed E-state index contributed by atoms with van der Waals surface area (Å²) in [5.74, 6) is -1.32. The molecule has 0 atom stereocenters. The van der Waals surface area contributed by atoms with Crippen molar-refractivity contribution in [3.05, 3.63) is 41.7 Å². The van der Waals surface area contributed by atoms with E-state index >= 15 is 0 Å². The summed E-state index contributed by atoms with van der Waals surface area (Å²) >= 11 is 3.13. The van der Waals surface area contributed by atoms with E-state index in [-0.39, 0.29) is 16.7 Å². The molecule has 3 nitrogen and oxygen atoms in total. The summed E-state index contributed by atoms with van der Waals surface area (Å²) in [6.45, 7) is 0. The number of aromatic nitrogens is 3. The molecule has 0 radical (unpaired) electrons. The maximum absolute atomic E-state index is 12.9. The number of halogens is 6. The van der Waals surface area contributed by atoms with E-state index in [0.717, 1.165) is 18.6 Å². The lowest BCUT2D eigenvalue weighted by molar-refractivity contribution is -0.144. The minimum Gasteiger partial charge on any atom is -0.260 e. The quantitative estimate of drug-likeness (QED) is 0.596. The summed E-state index contributed by atoms with van der Waals surface area (Å²) in [4.78, 5) is 10.2. The van der Waals surface area contributed by atoms with Crippen LogP contribution in [0.1, 0.15) is 23.5 Å². The third-order valence-corrected chi connectivity index (χ3v) is 3.15. The summed E-state index contributed by atoms with van der Waals surface area (Å²) in [7, 11) is 0. The number of hydrogen-bond donors (Lipinski definition) is 0. The van der Waals surface area contributed by atoms with Gasteiger partial charge in [0.15, 0.2) is 0 Å². The first-order valence-electron chi connectivity index (χ1n) is 5.55. The van der Waals surface area contributed by atoms with Gasteiger partial charge in [0, 0.05) is 35.0 Å². The Bertz CT molecular complexity index is 628. The van der Waals surface area contributed by atoms with Crippen LogP contribution >= 0.6 is 15.9 Å². The molecule has 2 aromatic rings. The molecule has 0 bridgehead atoms. The van der Waals surface area contributed by atoms with Gasteiger partial charge in [0.25, 0.3) is 6.43 Å². The van der Waals surface area contributed by atoms with Crippen molar-refractivity contribution in [2.75, 3.05) is 0 Å². The highest BCUT2D eigenvalue weighted by Gasteiger charge is 2.34. The van der Waals surface area contributed by atoms with Crippen molar-refractivity contribution in [1.29, 1.82) is 0 Å². The molecule has 2 rings (SSSR count). The minimum absolute atomic E-state index is 0.0585. The van der Waals surface area contributed by atoms with Crippen LogP contribution < -0.4 is 0 Å². The van der Waals surface area contributed by atoms with Gasteiger partial charge in [-0.15, -0.1) is 0 Å². The van der Waals surface area contributed by atoms with E-state index in [1.165, 1.54) is 6.07 Å². The second-order valence-corrected chi connectivity index (χ2v) is 4.55. The van der Waals surface area contributed by atoms with E-state index in [1.54, 1.807) is 0 Å². The molecule has 0 spiro atoms. The topological polar surface area (TPSA) is 38.7 Å². The maximum Gasteiger partial charge on any atom is 0.451 e. The van der Waals surface area contributed by atoms with Gasteiger partial charge in [-0.2, -0.15) is 13.2 Å². The third-order valence-electron chi connectivity index (χ3n) is 2.58. The zero-order chi connectivity index (χ0) is 15.6. The minimum atomic E-state index is -4.68. The molecule has 0 saturated carbocycles. The van der Waals surface area contributed by atoms with Crippen molar-refractivity contribution in [1.82, 2.24) is 15.0 Å². The van der Waals surface area contributed by atoms with Crippen LogP contribution in [0.25, 0.3) is 11.1 Å². The highest BCUT2D eigenvalue weighted by molar-refractivity contribution is 9.08. The van der Waals surface area contributed by atoms with Crippen molar-refractivity contribution >= 4 is 15.9 Å². The third kappa shape index (κ3) is 3.52. The SMILES string of the molecule is FC(F)c1cnc(CBr)cc1-c1cnc(C(F)(F)F)nc1. The fourth-order valence-electron chi connectivity index (χ4n) is 1.62. The van der Waals surface area contributed by atoms with Gasteiger partial charge < -0.3 is 0 Å². The van der Waals surface area contributed by atoms with E-state index in [1.807, 2.05) is 0 Å². The van der Waals surface area contributed by atoms with Crippen molar-refractivity contribution in [2.24, 2.45) is 0 Å². The van der Waals surface area contributed by atoms with E-state index in [4.69, 9.17) is 0 Å². The summed E-state index contributed by atoms with van der Waals surface area (Å²) in [6.07, 6.45) is -4.75. The Hall–Kier alpha value is -1.64. The summed E-state index contributed by atoms with van der Waals surface area (Å²) in [5, 5.41) is 0.324. The van der Waals surface area contributed by atoms with Gasteiger partial charge in [0.05, 0.1) is 5.69 Å². The average molecular weight is 368 g/mol. The highest BCUT2D eigenvalue weighted by atomic mass is 79.9. The Kier molecular flexibility index (Phi) is 4.50. The highest BCUT2D eigenvalue weighted by Crippen LogP contribution is 2.32. The number of alkyl halides is 6. The normalized spacial score (nSPS) is 12.0. The van der Waals surface area contributed by atoms with Crippen molar-refractivity contribution in [3.8, 4) is 11.1 Å². The molecule has 9 heteroatoms. The van der Waals surface area contributed by atoms with Crippen LogP contribution in [0.2, 0.25) is 0 Å². The lowest BCUT2D eigenvalue weighted by atomic mass is 10.0. The second-order valence-electron chi connectivity index (χ2n) is 3.99. The molecule has 0 saturated heterocycles. The van der Waals surface area contributed by atoms with Crippen molar-refractivity contribution in [3.63, 3.8) is 0 Å². The smallest absolute Gasteiger partial charge is 0.260 e. The lowest BCUT2D eigenvalue weighted by Gasteiger charge is -2.10. The largest absolute Gasteiger partial charge is 0.451 e. The first-order valence-corrected chi connectivity index (χ1v) is 6.67. The molecule has 0 aliphatic heterocycles. The first kappa shape index (κ1) is 15.7. The zero-order valence-electron chi connectivity index (χ0n) is 10.2. The molecule has 112 valence electrons. The number of hydrogen-bond acceptors (Lipinski definition) is 3. The fourth-order valence-corrected chi connectivity index (χ4v) is 1.93. The van der Waals surface area contributed by atoms with Crippen LogP contribution in [0.3, 0.4) is 0 Å². The lowest BCUT2D eigenvalue weighted by Crippen LogP contribution is -2.10. The first-order chi connectivity index (χ1) is 9.82. The van der Waals surface area contributed by atoms with Gasteiger partial charge in [-0.05, 0) is 11.6 Å². The molecular weight excluding hydrogens is 361 g/mol. The molecule has 2 heterocycles. The molecule has 0 aromatic carbocycles. The van der Waals surface area contributed by atoms with Crippen LogP contribution in [0, 0.1) is 0 Å². The van der Waals surface area contributed by atoms with Crippen LogP contribution in [-0.2, 0) is 11.5 Å². The Morgan fingerprint density at radius 2 is 1.67 bits per heavy atom. The number of pyridine rings is 1. The Morgan fingerprint density at radius 3 is 2.14 bits per heavy atom. The molecule has 2 aromatic heterocycles. The van der Waals surface area contributed by atoms with Gasteiger partial charge in [0.1, 0.15) is 0 Å². The van der Waals surface area contributed by atoms with Gasteiger partial charge in [-0.3, -0.25) is 4.98 Å². The molecule has 0 amide bonds. The van der Waals surface area contributed by atoms with Gasteiger partial charge in [0.2, 0.25) is 5.82 Å². The predicted octanol–water partition coefficient (Wildman–Crippen LogP) is 4.39. The molecule has 21 heavy (non-hydrogen) atoms. The van der Waals surface area contributed by atoms with Crippen molar-refractivity contribution in [2.45, 2.75) is 17.9 Å². The van der Waals surface area contributed by atoms with Crippen LogP contribution in [-0.4, -0.2) is 15.0 Å². The second kappa shape index (κ2) is 6.00. The number of nitrogens with zero attached hydrogens (tertiary/aromatic N) is 3. The standard InChI is InChI=1S/C12H7BrF5N3/c13-2-7-1-8(9(5-19-7)10(14)15)6-3-20-11(21-4-6)12(16,17)18/h1,3-5,10H,2H2. The monoisotopic (exact) mass is 367 g/mol. The predicted molar refractivity (Wildman–Crippen MR) is 67.9 cm³/mol. The molecular formula is C12H7BrF5N3. The summed E-state index contributed by atoms with van der Waals surface area (Å²) in [5.41, 5.74) is 0.212. The molecule has 0 N–H and O–H groups in total. The molecule has 0 unspecified atom stereocenters. The number of rotatable bonds is 3. The Morgan fingerprint density at radius 1 is 1.05 bits per heavy atom. The molecule has 0 aliphatic rings. The summed E-state index contributed by atoms with van der Waals surface area (Å²) in [6, 6.07) is 1.36. The van der Waals surface area contributed by atoms with Crippen LogP contribution in [0.15, 0.2) is 24.7 Å². The Balaban J connectivity index is 2.50. The Labute approximate surface area is 124 Å². The fraction of sp³-hybridized carbons (Fsp3) is 0.250. The average Bonchev–Trinajstić information content (AvgIpc) is 2.45. The van der Waals surface area contributed by atoms with Crippen LogP contribution in [0.4, 0.5) is 22.0 Å². The molecule has 0 fully saturated rings. The van der Waals surface area contributed by atoms with E-state index in [0.29, 0.717) is 11.0 Å². The van der Waals surface area contributed by atoms with Gasteiger partial charge in [-0.25, -0.2) is 18.7 Å². The zero-order valence-corrected chi connectivity index (χ0v) is 11.8. The van der Waals surface area contributed by atoms with E-state index < -0.39 is 18.4 Å². The van der Waals surface area contributed by atoms with Crippen LogP contribution in [0.5, 0.6) is 0 Å². The van der Waals surface area contributed by atoms with Gasteiger partial charge >= 0.3 is 6.18 Å². The molecule has 0 aliphatic carbocycles. The van der Waals surface area contributed by atoms with Gasteiger partial charge in [-0.1, -0.05) is 15.9 Å². The summed E-state index contributed by atoms with van der Waals surface area (Å²) < 4.78 is 63.1. The van der Waals surface area contributed by atoms with Crippen molar-refractivity contribution < 1.29 is 22.0 Å². The maximum atomic E-state index is 12.9. The van der Waals surface area contributed by atoms with E-state index in [2.05, 4.69) is 30.9 Å². The van der Waals surface area contributed by atoms with E-state index in [9.17, 15) is 22.0 Å².